The quantitative estimate of drug-likeness (QED) is 0.769. The molecule has 3 aromatic rings. The highest BCUT2D eigenvalue weighted by Gasteiger charge is 2.19. The summed E-state index contributed by atoms with van der Waals surface area (Å²) in [7, 11) is 2.11. The lowest BCUT2D eigenvalue weighted by molar-refractivity contribution is 0.187. The van der Waals surface area contributed by atoms with E-state index in [9.17, 15) is 0 Å². The molecule has 0 unspecified atom stereocenters. The van der Waals surface area contributed by atoms with Gasteiger partial charge in [-0.1, -0.05) is 12.1 Å². The van der Waals surface area contributed by atoms with Crippen LogP contribution in [0.2, 0.25) is 0 Å². The minimum Gasteiger partial charge on any atom is -0.330 e. The highest BCUT2D eigenvalue weighted by atomic mass is 15.2. The molecule has 4 rings (SSSR count). The van der Waals surface area contributed by atoms with Crippen LogP contribution in [-0.4, -0.2) is 38.6 Å². The van der Waals surface area contributed by atoms with Gasteiger partial charge >= 0.3 is 0 Å². The van der Waals surface area contributed by atoms with E-state index in [0.717, 1.165) is 43.2 Å². The van der Waals surface area contributed by atoms with Crippen LogP contribution in [0.15, 0.2) is 42.6 Å². The highest BCUT2D eigenvalue weighted by molar-refractivity contribution is 5.76. The number of likely N-dealkylation sites (tertiary alicyclic amines) is 1. The zero-order chi connectivity index (χ0) is 17.9. The van der Waals surface area contributed by atoms with Crippen molar-refractivity contribution in [3.63, 3.8) is 0 Å². The largest absolute Gasteiger partial charge is 0.330 e. The Labute approximate surface area is 155 Å². The Bertz CT molecular complexity index is 863. The molecule has 1 aromatic carbocycles. The molecule has 0 spiro atoms. The fraction of sp³-hybridized carbons (Fsp3) is 0.429. The zero-order valence-electron chi connectivity index (χ0n) is 15.7. The number of imidazole rings is 1. The minimum atomic E-state index is 0.566. The Morgan fingerprint density at radius 2 is 2.00 bits per heavy atom. The van der Waals surface area contributed by atoms with Crippen molar-refractivity contribution < 1.29 is 0 Å². The minimum absolute atomic E-state index is 0.566. The van der Waals surface area contributed by atoms with Gasteiger partial charge in [0.2, 0.25) is 0 Å². The second kappa shape index (κ2) is 7.56. The Hall–Kier alpha value is -2.24. The van der Waals surface area contributed by atoms with Gasteiger partial charge in [0.25, 0.3) is 0 Å². The molecule has 0 amide bonds. The van der Waals surface area contributed by atoms with Crippen molar-refractivity contribution in [1.82, 2.24) is 24.8 Å². The van der Waals surface area contributed by atoms with E-state index in [1.54, 1.807) is 0 Å². The van der Waals surface area contributed by atoms with Crippen LogP contribution in [0.4, 0.5) is 0 Å². The SMILES string of the molecule is Cc1ccc2c(c1)nc(CNC1CCN(Cc3ccccn3)CC1)n2C. The summed E-state index contributed by atoms with van der Waals surface area (Å²) in [6.07, 6.45) is 4.23. The number of hydrogen-bond acceptors (Lipinski definition) is 4. The van der Waals surface area contributed by atoms with Gasteiger partial charge < -0.3 is 9.88 Å². The number of piperidine rings is 1. The summed E-state index contributed by atoms with van der Waals surface area (Å²) in [6, 6.07) is 13.2. The molecule has 26 heavy (non-hydrogen) atoms. The molecule has 1 aliphatic rings. The summed E-state index contributed by atoms with van der Waals surface area (Å²) in [5.74, 6) is 1.11. The summed E-state index contributed by atoms with van der Waals surface area (Å²) in [5.41, 5.74) is 4.72. The average Bonchev–Trinajstić information content (AvgIpc) is 2.97. The van der Waals surface area contributed by atoms with E-state index in [4.69, 9.17) is 4.98 Å². The van der Waals surface area contributed by atoms with Crippen molar-refractivity contribution in [2.45, 2.75) is 38.9 Å². The summed E-state index contributed by atoms with van der Waals surface area (Å²) < 4.78 is 2.21. The first-order chi connectivity index (χ1) is 12.7. The predicted molar refractivity (Wildman–Crippen MR) is 105 cm³/mol. The van der Waals surface area contributed by atoms with Gasteiger partial charge in [-0.25, -0.2) is 4.98 Å². The standard InChI is InChI=1S/C21H27N5/c1-16-6-7-20-19(13-16)24-21(25(20)2)14-23-17-8-11-26(12-9-17)15-18-5-3-4-10-22-18/h3-7,10,13,17,23H,8-9,11-12,14-15H2,1-2H3. The molecular weight excluding hydrogens is 322 g/mol. The second-order valence-electron chi connectivity index (χ2n) is 7.33. The molecule has 0 radical (unpaired) electrons. The smallest absolute Gasteiger partial charge is 0.123 e. The van der Waals surface area contributed by atoms with Crippen molar-refractivity contribution >= 4 is 11.0 Å². The van der Waals surface area contributed by atoms with E-state index in [1.165, 1.54) is 23.9 Å². The number of nitrogens with one attached hydrogen (secondary N) is 1. The van der Waals surface area contributed by atoms with Gasteiger partial charge in [-0.2, -0.15) is 0 Å². The van der Waals surface area contributed by atoms with E-state index < -0.39 is 0 Å². The fourth-order valence-corrected chi connectivity index (χ4v) is 3.77. The molecule has 1 aliphatic heterocycles. The fourth-order valence-electron chi connectivity index (χ4n) is 3.77. The molecule has 0 aliphatic carbocycles. The van der Waals surface area contributed by atoms with Crippen LogP contribution >= 0.6 is 0 Å². The third kappa shape index (κ3) is 3.79. The van der Waals surface area contributed by atoms with Gasteiger partial charge in [0.05, 0.1) is 23.3 Å². The highest BCUT2D eigenvalue weighted by Crippen LogP contribution is 2.18. The van der Waals surface area contributed by atoms with Crippen LogP contribution in [0.1, 0.15) is 29.9 Å². The first-order valence-electron chi connectivity index (χ1n) is 9.46. The maximum absolute atomic E-state index is 4.81. The van der Waals surface area contributed by atoms with Crippen molar-refractivity contribution in [3.8, 4) is 0 Å². The average molecular weight is 349 g/mol. The lowest BCUT2D eigenvalue weighted by atomic mass is 10.0. The Morgan fingerprint density at radius 3 is 2.77 bits per heavy atom. The lowest BCUT2D eigenvalue weighted by Gasteiger charge is -2.32. The topological polar surface area (TPSA) is 46.0 Å². The monoisotopic (exact) mass is 349 g/mol. The molecule has 1 saturated heterocycles. The number of nitrogens with zero attached hydrogens (tertiary/aromatic N) is 4. The number of rotatable bonds is 5. The summed E-state index contributed by atoms with van der Waals surface area (Å²) >= 11 is 0. The van der Waals surface area contributed by atoms with E-state index in [1.807, 2.05) is 12.3 Å². The Kier molecular flexibility index (Phi) is 5.00. The predicted octanol–water partition coefficient (Wildman–Crippen LogP) is 3.03. The van der Waals surface area contributed by atoms with Crippen LogP contribution in [-0.2, 0) is 20.1 Å². The van der Waals surface area contributed by atoms with Crippen LogP contribution in [0.25, 0.3) is 11.0 Å². The van der Waals surface area contributed by atoms with Crippen LogP contribution in [0, 0.1) is 6.92 Å². The van der Waals surface area contributed by atoms with Crippen LogP contribution in [0.3, 0.4) is 0 Å². The number of pyridine rings is 1. The number of benzene rings is 1. The third-order valence-corrected chi connectivity index (χ3v) is 5.38. The Morgan fingerprint density at radius 1 is 1.15 bits per heavy atom. The first-order valence-corrected chi connectivity index (χ1v) is 9.46. The Balaban J connectivity index is 1.30. The summed E-state index contributed by atoms with van der Waals surface area (Å²) in [4.78, 5) is 11.7. The zero-order valence-corrected chi connectivity index (χ0v) is 15.7. The lowest BCUT2D eigenvalue weighted by Crippen LogP contribution is -2.42. The van der Waals surface area contributed by atoms with Gasteiger partial charge in [-0.3, -0.25) is 9.88 Å². The van der Waals surface area contributed by atoms with Gasteiger partial charge in [0.15, 0.2) is 0 Å². The van der Waals surface area contributed by atoms with Gasteiger partial charge in [-0.05, 0) is 49.6 Å². The molecule has 5 heteroatoms. The normalized spacial score (nSPS) is 16.4. The van der Waals surface area contributed by atoms with Crippen LogP contribution < -0.4 is 5.32 Å². The maximum atomic E-state index is 4.81. The van der Waals surface area contributed by atoms with Crippen molar-refractivity contribution in [3.05, 3.63) is 59.7 Å². The molecule has 3 heterocycles. The van der Waals surface area contributed by atoms with Crippen LogP contribution in [0.5, 0.6) is 0 Å². The van der Waals surface area contributed by atoms with E-state index >= 15 is 0 Å². The second-order valence-corrected chi connectivity index (χ2v) is 7.33. The molecule has 1 N–H and O–H groups in total. The number of aryl methyl sites for hydroxylation is 2. The number of fused-ring (bicyclic) bond motifs is 1. The molecule has 136 valence electrons. The summed E-state index contributed by atoms with van der Waals surface area (Å²) in [5, 5.41) is 3.71. The molecule has 0 atom stereocenters. The van der Waals surface area contributed by atoms with Crippen molar-refractivity contribution in [2.75, 3.05) is 13.1 Å². The van der Waals surface area contributed by atoms with Gasteiger partial charge in [0, 0.05) is 38.9 Å². The van der Waals surface area contributed by atoms with E-state index in [2.05, 4.69) is 64.1 Å². The summed E-state index contributed by atoms with van der Waals surface area (Å²) in [6.45, 7) is 6.14. The number of hydrogen-bond donors (Lipinski definition) is 1. The third-order valence-electron chi connectivity index (χ3n) is 5.38. The molecule has 2 aromatic heterocycles. The molecular formula is C21H27N5. The molecule has 0 saturated carbocycles. The number of aromatic nitrogens is 3. The van der Waals surface area contributed by atoms with Gasteiger partial charge in [0.1, 0.15) is 5.82 Å². The van der Waals surface area contributed by atoms with Gasteiger partial charge in [-0.15, -0.1) is 0 Å². The molecule has 1 fully saturated rings. The molecule has 0 bridgehead atoms. The van der Waals surface area contributed by atoms with Crippen molar-refractivity contribution in [1.29, 1.82) is 0 Å². The first kappa shape index (κ1) is 17.2. The maximum Gasteiger partial charge on any atom is 0.123 e. The molecule has 5 nitrogen and oxygen atoms in total. The van der Waals surface area contributed by atoms with E-state index in [0.29, 0.717) is 6.04 Å². The van der Waals surface area contributed by atoms with E-state index in [-0.39, 0.29) is 0 Å². The van der Waals surface area contributed by atoms with Crippen molar-refractivity contribution in [2.24, 2.45) is 7.05 Å².